The smallest absolute Gasteiger partial charge is 0.335 e. The van der Waals surface area contributed by atoms with Crippen molar-refractivity contribution < 1.29 is 33.0 Å². The number of benzene rings is 1. The fourth-order valence-electron chi connectivity index (χ4n) is 3.23. The molecule has 0 bridgehead atoms. The van der Waals surface area contributed by atoms with E-state index in [0.717, 1.165) is 11.6 Å². The summed E-state index contributed by atoms with van der Waals surface area (Å²) in [4.78, 5) is 41.2. The highest BCUT2D eigenvalue weighted by atomic mass is 19.1. The second-order valence-electron chi connectivity index (χ2n) is 7.47. The van der Waals surface area contributed by atoms with Gasteiger partial charge in [0.1, 0.15) is 18.0 Å². The van der Waals surface area contributed by atoms with Crippen LogP contribution in [0.4, 0.5) is 4.39 Å². The van der Waals surface area contributed by atoms with Gasteiger partial charge in [0.25, 0.3) is 5.91 Å². The fraction of sp³-hybridized carbons (Fsp3) is 0.240. The molecule has 0 unspecified atom stereocenters. The minimum absolute atomic E-state index is 0.110. The number of esters is 2. The zero-order chi connectivity index (χ0) is 26.1. The van der Waals surface area contributed by atoms with Crippen molar-refractivity contribution in [3.05, 3.63) is 78.4 Å². The first-order chi connectivity index (χ1) is 16.6. The van der Waals surface area contributed by atoms with E-state index in [1.165, 1.54) is 37.4 Å². The Hall–Kier alpha value is -4.34. The second kappa shape index (κ2) is 12.2. The number of aromatic nitrogens is 1. The lowest BCUT2D eigenvalue weighted by molar-refractivity contribution is -0.149. The summed E-state index contributed by atoms with van der Waals surface area (Å²) in [5, 5.41) is 9.53. The Morgan fingerprint density at radius 3 is 2.51 bits per heavy atom. The van der Waals surface area contributed by atoms with Crippen LogP contribution in [0.2, 0.25) is 0 Å². The lowest BCUT2D eigenvalue weighted by Crippen LogP contribution is -2.41. The second-order valence-corrected chi connectivity index (χ2v) is 7.47. The van der Waals surface area contributed by atoms with Crippen LogP contribution < -0.4 is 14.8 Å². The third-order valence-corrected chi connectivity index (χ3v) is 5.04. The molecule has 1 amide bonds. The van der Waals surface area contributed by atoms with Crippen LogP contribution in [0.1, 0.15) is 41.4 Å². The predicted molar refractivity (Wildman–Crippen MR) is 126 cm³/mol. The number of carbonyl (C=O) groups excluding carboxylic acids is 3. The van der Waals surface area contributed by atoms with Crippen molar-refractivity contribution in [3.63, 3.8) is 0 Å². The normalized spacial score (nSPS) is 12.9. The number of carbonyl (C=O) groups is 3. The number of amides is 1. The third-order valence-electron chi connectivity index (χ3n) is 5.04. The Kier molecular flexibility index (Phi) is 9.39. The van der Waals surface area contributed by atoms with Gasteiger partial charge in [-0.15, -0.1) is 0 Å². The highest BCUT2D eigenvalue weighted by Crippen LogP contribution is 2.30. The molecule has 184 valence electrons. The minimum Gasteiger partial charge on any atom is -0.456 e. The average molecular weight is 483 g/mol. The number of hydrogen-bond donors (Lipinski definition) is 2. The van der Waals surface area contributed by atoms with E-state index < -0.39 is 30.0 Å². The minimum atomic E-state index is -1.12. The summed E-state index contributed by atoms with van der Waals surface area (Å²) in [6, 6.07) is 4.49. The van der Waals surface area contributed by atoms with Crippen LogP contribution in [-0.2, 0) is 14.3 Å². The molecule has 0 aliphatic heterocycles. The number of ether oxygens (including phenoxy) is 3. The molecule has 2 N–H and O–H groups in total. The van der Waals surface area contributed by atoms with Crippen LogP contribution in [-0.4, -0.2) is 41.4 Å². The Balaban J connectivity index is 2.18. The maximum atomic E-state index is 13.5. The molecule has 1 aromatic carbocycles. The van der Waals surface area contributed by atoms with Crippen molar-refractivity contribution in [3.8, 4) is 11.5 Å². The van der Waals surface area contributed by atoms with Crippen LogP contribution in [0.3, 0.4) is 0 Å². The topological polar surface area (TPSA) is 128 Å². The van der Waals surface area contributed by atoms with Gasteiger partial charge in [-0.05, 0) is 37.1 Å². The lowest BCUT2D eigenvalue weighted by Gasteiger charge is -2.24. The molecule has 0 saturated carbocycles. The van der Waals surface area contributed by atoms with Gasteiger partial charge in [-0.25, -0.2) is 19.0 Å². The van der Waals surface area contributed by atoms with Gasteiger partial charge < -0.3 is 19.5 Å². The molecule has 0 radical (unpaired) electrons. The number of halogens is 1. The molecule has 10 heteroatoms. The molecule has 0 aliphatic carbocycles. The SMILES string of the molecule is C=CC(=O)Oc1c(OC=N)ccnc1C(=O)N[C@@H](C)C(=O)O[C@H](C=C)[C@@H](C)c1ccc(F)cc1C. The largest absolute Gasteiger partial charge is 0.456 e. The molecular weight excluding hydrogens is 457 g/mol. The summed E-state index contributed by atoms with van der Waals surface area (Å²) in [5.41, 5.74) is 1.12. The van der Waals surface area contributed by atoms with E-state index in [1.54, 1.807) is 13.0 Å². The summed E-state index contributed by atoms with van der Waals surface area (Å²) in [7, 11) is 0. The number of rotatable bonds is 11. The van der Waals surface area contributed by atoms with Gasteiger partial charge in [-0.1, -0.05) is 32.2 Å². The van der Waals surface area contributed by atoms with Gasteiger partial charge in [0.15, 0.2) is 17.8 Å². The lowest BCUT2D eigenvalue weighted by atomic mass is 9.91. The molecule has 1 aromatic heterocycles. The summed E-state index contributed by atoms with van der Waals surface area (Å²) < 4.78 is 29.0. The van der Waals surface area contributed by atoms with Gasteiger partial charge in [0.2, 0.25) is 5.75 Å². The van der Waals surface area contributed by atoms with E-state index in [9.17, 15) is 18.8 Å². The average Bonchev–Trinajstić information content (AvgIpc) is 2.82. The quantitative estimate of drug-likeness (QED) is 0.164. The van der Waals surface area contributed by atoms with E-state index in [4.69, 9.17) is 19.6 Å². The van der Waals surface area contributed by atoms with Gasteiger partial charge in [-0.2, -0.15) is 0 Å². The highest BCUT2D eigenvalue weighted by molar-refractivity contribution is 5.99. The number of nitrogens with one attached hydrogen (secondary N) is 2. The van der Waals surface area contributed by atoms with Crippen LogP contribution in [0, 0.1) is 18.2 Å². The summed E-state index contributed by atoms with van der Waals surface area (Å²) in [6.45, 7) is 12.0. The van der Waals surface area contributed by atoms with Crippen LogP contribution >= 0.6 is 0 Å². The number of pyridine rings is 1. The zero-order valence-corrected chi connectivity index (χ0v) is 19.5. The molecule has 3 atom stereocenters. The molecule has 0 saturated heterocycles. The van der Waals surface area contributed by atoms with Crippen molar-refractivity contribution in [2.45, 2.75) is 38.8 Å². The molecular formula is C25H26FN3O6. The molecule has 0 aliphatic rings. The molecule has 35 heavy (non-hydrogen) atoms. The van der Waals surface area contributed by atoms with Crippen molar-refractivity contribution in [2.75, 3.05) is 0 Å². The van der Waals surface area contributed by atoms with E-state index in [2.05, 4.69) is 23.5 Å². The fourth-order valence-corrected chi connectivity index (χ4v) is 3.23. The van der Waals surface area contributed by atoms with Crippen LogP contribution in [0.15, 0.2) is 55.8 Å². The standard InChI is InChI=1S/C25H26FN3O6/c1-6-19(15(4)18-9-8-17(26)12-14(18)3)34-25(32)16(5)29-24(31)22-23(35-21(30)7-2)20(33-13-27)10-11-28-22/h6-13,15-16,19,27H,1-2H2,3-5H3,(H,29,31)/t15-,16-,19+/m0/s1. The van der Waals surface area contributed by atoms with Crippen LogP contribution in [0.5, 0.6) is 11.5 Å². The molecule has 0 fully saturated rings. The summed E-state index contributed by atoms with van der Waals surface area (Å²) in [6.07, 6.45) is 3.37. The zero-order valence-electron chi connectivity index (χ0n) is 19.5. The van der Waals surface area contributed by atoms with E-state index in [-0.39, 0.29) is 28.9 Å². The summed E-state index contributed by atoms with van der Waals surface area (Å²) >= 11 is 0. The van der Waals surface area contributed by atoms with E-state index >= 15 is 0 Å². The van der Waals surface area contributed by atoms with Gasteiger partial charge in [0, 0.05) is 24.3 Å². The van der Waals surface area contributed by atoms with E-state index in [0.29, 0.717) is 12.0 Å². The maximum Gasteiger partial charge on any atom is 0.335 e. The van der Waals surface area contributed by atoms with Gasteiger partial charge in [-0.3, -0.25) is 10.2 Å². The predicted octanol–water partition coefficient (Wildman–Crippen LogP) is 3.63. The van der Waals surface area contributed by atoms with Crippen molar-refractivity contribution in [1.29, 1.82) is 5.41 Å². The maximum absolute atomic E-state index is 13.5. The van der Waals surface area contributed by atoms with Gasteiger partial charge >= 0.3 is 11.9 Å². The third kappa shape index (κ3) is 6.83. The molecule has 2 aromatic rings. The van der Waals surface area contributed by atoms with Crippen molar-refractivity contribution >= 4 is 24.2 Å². The van der Waals surface area contributed by atoms with Crippen molar-refractivity contribution in [1.82, 2.24) is 10.3 Å². The monoisotopic (exact) mass is 483 g/mol. The Labute approximate surface area is 202 Å². The van der Waals surface area contributed by atoms with Crippen LogP contribution in [0.25, 0.3) is 0 Å². The first kappa shape index (κ1) is 26.9. The first-order valence-corrected chi connectivity index (χ1v) is 10.5. The summed E-state index contributed by atoms with van der Waals surface area (Å²) in [5.74, 6) is -3.65. The first-order valence-electron chi connectivity index (χ1n) is 10.5. The van der Waals surface area contributed by atoms with E-state index in [1.807, 2.05) is 6.92 Å². The van der Waals surface area contributed by atoms with Crippen molar-refractivity contribution in [2.24, 2.45) is 0 Å². The highest BCUT2D eigenvalue weighted by Gasteiger charge is 2.28. The number of hydrogen-bond acceptors (Lipinski definition) is 8. The Morgan fingerprint density at radius 2 is 1.91 bits per heavy atom. The molecule has 1 heterocycles. The number of nitrogens with zero attached hydrogens (tertiary/aromatic N) is 1. The number of aryl methyl sites for hydroxylation is 1. The molecule has 2 rings (SSSR count). The Bertz CT molecular complexity index is 1150. The van der Waals surface area contributed by atoms with Gasteiger partial charge in [0.05, 0.1) is 0 Å². The molecule has 9 nitrogen and oxygen atoms in total. The molecule has 0 spiro atoms. The Morgan fingerprint density at radius 1 is 1.20 bits per heavy atom.